The third-order valence-electron chi connectivity index (χ3n) is 2.45. The number of aryl methyl sites for hydroxylation is 1. The summed E-state index contributed by atoms with van der Waals surface area (Å²) < 4.78 is 10.5. The van der Waals surface area contributed by atoms with Crippen LogP contribution in [0.2, 0.25) is 0 Å². The molecule has 0 saturated carbocycles. The monoisotopic (exact) mass is 328 g/mol. The Balaban J connectivity index is 2.66. The lowest BCUT2D eigenvalue weighted by Crippen LogP contribution is -2.07. The number of hydrogen-bond donors (Lipinski definition) is 0. The van der Waals surface area contributed by atoms with E-state index in [2.05, 4.69) is 15.9 Å². The Morgan fingerprint density at radius 2 is 1.84 bits per heavy atom. The Morgan fingerprint density at radius 3 is 2.42 bits per heavy atom. The van der Waals surface area contributed by atoms with Gasteiger partial charge in [-0.15, -0.1) is 0 Å². The molecule has 0 aliphatic heterocycles. The summed E-state index contributed by atoms with van der Waals surface area (Å²) >= 11 is 3.34. The van der Waals surface area contributed by atoms with Gasteiger partial charge >= 0.3 is 11.9 Å². The summed E-state index contributed by atoms with van der Waals surface area (Å²) in [5.74, 6) is -0.570. The summed E-state index contributed by atoms with van der Waals surface area (Å²) in [6.45, 7) is 4.28. The van der Waals surface area contributed by atoms with Gasteiger partial charge in [-0.2, -0.15) is 0 Å². The number of esters is 2. The molecule has 0 bridgehead atoms. The van der Waals surface area contributed by atoms with Crippen molar-refractivity contribution in [1.82, 2.24) is 0 Å². The van der Waals surface area contributed by atoms with Gasteiger partial charge in [0.2, 0.25) is 0 Å². The molecule has 4 nitrogen and oxygen atoms in total. The lowest BCUT2D eigenvalue weighted by atomic mass is 10.1. The van der Waals surface area contributed by atoms with E-state index in [-0.39, 0.29) is 11.9 Å². The molecule has 0 aliphatic carbocycles. The number of benzene rings is 1. The van der Waals surface area contributed by atoms with Crippen molar-refractivity contribution >= 4 is 27.9 Å². The predicted octanol–water partition coefficient (Wildman–Crippen LogP) is 3.12. The maximum Gasteiger partial charge on any atom is 0.339 e. The highest BCUT2D eigenvalue weighted by Gasteiger charge is 2.12. The molecule has 0 amide bonds. The van der Waals surface area contributed by atoms with Crippen LogP contribution in [0.5, 0.6) is 0 Å². The zero-order valence-electron chi connectivity index (χ0n) is 11.1. The quantitative estimate of drug-likeness (QED) is 0.753. The van der Waals surface area contributed by atoms with Gasteiger partial charge in [-0.05, 0) is 53.9 Å². The average Bonchev–Trinajstić information content (AvgIpc) is 2.37. The van der Waals surface area contributed by atoms with Gasteiger partial charge in [0.15, 0.2) is 0 Å². The third kappa shape index (κ3) is 5.03. The number of rotatable bonds is 6. The standard InChI is InChI=1S/C14H17BrO4/c1-3-18-13(16)8-6-10-5-7-11(12(15)9-10)14(17)19-4-2/h5,7,9H,3-4,6,8H2,1-2H3. The van der Waals surface area contributed by atoms with Crippen molar-refractivity contribution in [3.8, 4) is 0 Å². The molecule has 0 fully saturated rings. The van der Waals surface area contributed by atoms with Crippen molar-refractivity contribution in [1.29, 1.82) is 0 Å². The van der Waals surface area contributed by atoms with E-state index < -0.39 is 0 Å². The Bertz CT molecular complexity index is 457. The molecule has 0 atom stereocenters. The third-order valence-corrected chi connectivity index (χ3v) is 3.11. The fourth-order valence-electron chi connectivity index (χ4n) is 1.57. The van der Waals surface area contributed by atoms with Crippen molar-refractivity contribution in [2.45, 2.75) is 26.7 Å². The highest BCUT2D eigenvalue weighted by atomic mass is 79.9. The van der Waals surface area contributed by atoms with Crippen LogP contribution in [0.3, 0.4) is 0 Å². The van der Waals surface area contributed by atoms with Crippen molar-refractivity contribution in [2.24, 2.45) is 0 Å². The van der Waals surface area contributed by atoms with Gasteiger partial charge in [0.1, 0.15) is 0 Å². The van der Waals surface area contributed by atoms with Crippen molar-refractivity contribution in [3.05, 3.63) is 33.8 Å². The van der Waals surface area contributed by atoms with Crippen molar-refractivity contribution in [3.63, 3.8) is 0 Å². The molecule has 0 heterocycles. The minimum absolute atomic E-state index is 0.215. The lowest BCUT2D eigenvalue weighted by Gasteiger charge is -2.07. The van der Waals surface area contributed by atoms with Crippen LogP contribution in [0.25, 0.3) is 0 Å². The van der Waals surface area contributed by atoms with Crippen molar-refractivity contribution < 1.29 is 19.1 Å². The Labute approximate surface area is 121 Å². The van der Waals surface area contributed by atoms with E-state index in [1.165, 1.54) is 0 Å². The number of hydrogen-bond acceptors (Lipinski definition) is 4. The van der Waals surface area contributed by atoms with Gasteiger partial charge in [-0.25, -0.2) is 4.79 Å². The van der Waals surface area contributed by atoms with E-state index in [4.69, 9.17) is 9.47 Å². The van der Waals surface area contributed by atoms with Crippen LogP contribution in [0.1, 0.15) is 36.2 Å². The Kier molecular flexibility index (Phi) is 6.56. The molecule has 0 unspecified atom stereocenters. The van der Waals surface area contributed by atoms with E-state index in [9.17, 15) is 9.59 Å². The fourth-order valence-corrected chi connectivity index (χ4v) is 2.16. The Morgan fingerprint density at radius 1 is 1.16 bits per heavy atom. The summed E-state index contributed by atoms with van der Waals surface area (Å²) in [4.78, 5) is 22.9. The molecule has 104 valence electrons. The molecule has 5 heteroatoms. The summed E-state index contributed by atoms with van der Waals surface area (Å²) in [6.07, 6.45) is 0.916. The largest absolute Gasteiger partial charge is 0.466 e. The van der Waals surface area contributed by atoms with Crippen LogP contribution in [-0.4, -0.2) is 25.2 Å². The minimum atomic E-state index is -0.355. The first-order valence-electron chi connectivity index (χ1n) is 6.19. The molecule has 0 radical (unpaired) electrons. The number of halogens is 1. The predicted molar refractivity (Wildman–Crippen MR) is 75.1 cm³/mol. The fraction of sp³-hybridized carbons (Fsp3) is 0.429. The van der Waals surface area contributed by atoms with Gasteiger partial charge in [0, 0.05) is 10.9 Å². The zero-order valence-corrected chi connectivity index (χ0v) is 12.7. The first-order chi connectivity index (χ1) is 9.08. The van der Waals surface area contributed by atoms with Crippen LogP contribution in [-0.2, 0) is 20.7 Å². The van der Waals surface area contributed by atoms with Crippen LogP contribution in [0, 0.1) is 0 Å². The Hall–Kier alpha value is -1.36. The van der Waals surface area contributed by atoms with Gasteiger partial charge in [-0.1, -0.05) is 6.07 Å². The van der Waals surface area contributed by atoms with Gasteiger partial charge in [0.05, 0.1) is 18.8 Å². The molecule has 1 rings (SSSR count). The van der Waals surface area contributed by atoms with E-state index in [1.807, 2.05) is 12.1 Å². The molecule has 0 N–H and O–H groups in total. The SMILES string of the molecule is CCOC(=O)CCc1ccc(C(=O)OCC)c(Br)c1. The minimum Gasteiger partial charge on any atom is -0.466 e. The number of ether oxygens (including phenoxy) is 2. The first kappa shape index (κ1) is 15.7. The average molecular weight is 329 g/mol. The van der Waals surface area contributed by atoms with Crippen LogP contribution in [0.4, 0.5) is 0 Å². The van der Waals surface area contributed by atoms with E-state index in [0.717, 1.165) is 5.56 Å². The highest BCUT2D eigenvalue weighted by Crippen LogP contribution is 2.20. The summed E-state index contributed by atoms with van der Waals surface area (Å²) in [7, 11) is 0. The van der Waals surface area contributed by atoms with Crippen LogP contribution < -0.4 is 0 Å². The molecule has 19 heavy (non-hydrogen) atoms. The second-order valence-corrected chi connectivity index (χ2v) is 4.69. The maximum atomic E-state index is 11.6. The second kappa shape index (κ2) is 7.94. The van der Waals surface area contributed by atoms with Gasteiger partial charge in [0.25, 0.3) is 0 Å². The maximum absolute atomic E-state index is 11.6. The molecule has 0 saturated heterocycles. The highest BCUT2D eigenvalue weighted by molar-refractivity contribution is 9.10. The molecule has 0 aliphatic rings. The molecule has 0 spiro atoms. The second-order valence-electron chi connectivity index (χ2n) is 3.84. The van der Waals surface area contributed by atoms with Gasteiger partial charge < -0.3 is 9.47 Å². The van der Waals surface area contributed by atoms with E-state index >= 15 is 0 Å². The zero-order chi connectivity index (χ0) is 14.3. The van der Waals surface area contributed by atoms with Crippen LogP contribution >= 0.6 is 15.9 Å². The molecular formula is C14H17BrO4. The number of carbonyl (C=O) groups is 2. The van der Waals surface area contributed by atoms with E-state index in [0.29, 0.717) is 36.1 Å². The molecule has 1 aromatic rings. The molecule has 0 aromatic heterocycles. The summed E-state index contributed by atoms with van der Waals surface area (Å²) in [5.41, 5.74) is 1.45. The lowest BCUT2D eigenvalue weighted by molar-refractivity contribution is -0.143. The van der Waals surface area contributed by atoms with Crippen LogP contribution in [0.15, 0.2) is 22.7 Å². The smallest absolute Gasteiger partial charge is 0.339 e. The topological polar surface area (TPSA) is 52.6 Å². The summed E-state index contributed by atoms with van der Waals surface area (Å²) in [6, 6.07) is 5.34. The first-order valence-corrected chi connectivity index (χ1v) is 6.99. The number of carbonyl (C=O) groups excluding carboxylic acids is 2. The van der Waals surface area contributed by atoms with Crippen molar-refractivity contribution in [2.75, 3.05) is 13.2 Å². The molecular weight excluding hydrogens is 312 g/mol. The van der Waals surface area contributed by atoms with E-state index in [1.54, 1.807) is 19.9 Å². The van der Waals surface area contributed by atoms with Gasteiger partial charge in [-0.3, -0.25) is 4.79 Å². The molecule has 1 aromatic carbocycles. The summed E-state index contributed by atoms with van der Waals surface area (Å²) in [5, 5.41) is 0. The normalized spacial score (nSPS) is 10.1.